The number of aromatic nitrogens is 1. The van der Waals surface area contributed by atoms with Crippen LogP contribution in [0.5, 0.6) is 0 Å². The van der Waals surface area contributed by atoms with E-state index in [4.69, 9.17) is 9.72 Å². The summed E-state index contributed by atoms with van der Waals surface area (Å²) in [6, 6.07) is 0. The van der Waals surface area contributed by atoms with E-state index in [-0.39, 0.29) is 5.54 Å². The van der Waals surface area contributed by atoms with E-state index in [2.05, 4.69) is 38.5 Å². The molecule has 2 heterocycles. The maximum Gasteiger partial charge on any atom is 0.113 e. The number of nitrogens with zero attached hydrogens (tertiary/aromatic N) is 1. The number of rotatable bonds is 4. The molecular formula is C14H24N2OS. The zero-order valence-electron chi connectivity index (χ0n) is 11.8. The van der Waals surface area contributed by atoms with Crippen LogP contribution in [0, 0.1) is 0 Å². The van der Waals surface area contributed by atoms with E-state index >= 15 is 0 Å². The van der Waals surface area contributed by atoms with Crippen molar-refractivity contribution < 1.29 is 4.74 Å². The lowest BCUT2D eigenvalue weighted by Crippen LogP contribution is -2.47. The van der Waals surface area contributed by atoms with Crippen molar-refractivity contribution in [3.63, 3.8) is 0 Å². The summed E-state index contributed by atoms with van der Waals surface area (Å²) in [7, 11) is 2.05. The van der Waals surface area contributed by atoms with Crippen LogP contribution in [0.4, 0.5) is 0 Å². The van der Waals surface area contributed by atoms with E-state index < -0.39 is 0 Å². The molecule has 1 saturated heterocycles. The van der Waals surface area contributed by atoms with Gasteiger partial charge in [0.25, 0.3) is 0 Å². The van der Waals surface area contributed by atoms with Crippen LogP contribution in [0.1, 0.15) is 56.7 Å². The van der Waals surface area contributed by atoms with Crippen molar-refractivity contribution in [1.82, 2.24) is 10.3 Å². The van der Waals surface area contributed by atoms with Crippen molar-refractivity contribution in [3.05, 3.63) is 16.1 Å². The lowest BCUT2D eigenvalue weighted by molar-refractivity contribution is -0.0303. The van der Waals surface area contributed by atoms with Crippen LogP contribution in [0.2, 0.25) is 0 Å². The summed E-state index contributed by atoms with van der Waals surface area (Å²) in [5, 5.41) is 6.95. The molecule has 1 aromatic rings. The van der Waals surface area contributed by atoms with Gasteiger partial charge in [0, 0.05) is 12.0 Å². The highest BCUT2D eigenvalue weighted by atomic mass is 32.1. The van der Waals surface area contributed by atoms with Crippen molar-refractivity contribution in [2.24, 2.45) is 0 Å². The average molecular weight is 268 g/mol. The van der Waals surface area contributed by atoms with Gasteiger partial charge in [0.2, 0.25) is 0 Å². The van der Waals surface area contributed by atoms with E-state index in [1.54, 1.807) is 11.3 Å². The highest BCUT2D eigenvalue weighted by Gasteiger charge is 2.39. The quantitative estimate of drug-likeness (QED) is 0.910. The standard InChI is InChI=1S/C14H24N2OS/c1-5-11-8-14(15-4,6-7-17-11)13-16-12(9-18-13)10(2)3/h9-11,15H,5-8H2,1-4H3. The van der Waals surface area contributed by atoms with Gasteiger partial charge in [-0.05, 0) is 32.2 Å². The number of thiazole rings is 1. The molecule has 2 unspecified atom stereocenters. The van der Waals surface area contributed by atoms with Gasteiger partial charge in [0.1, 0.15) is 5.01 Å². The maximum atomic E-state index is 5.80. The molecular weight excluding hydrogens is 244 g/mol. The van der Waals surface area contributed by atoms with Gasteiger partial charge >= 0.3 is 0 Å². The van der Waals surface area contributed by atoms with E-state index in [9.17, 15) is 0 Å². The van der Waals surface area contributed by atoms with Crippen LogP contribution in [0.15, 0.2) is 5.38 Å². The Bertz CT molecular complexity index is 391. The number of hydrogen-bond donors (Lipinski definition) is 1. The molecule has 0 aliphatic carbocycles. The topological polar surface area (TPSA) is 34.2 Å². The molecule has 102 valence electrons. The average Bonchev–Trinajstić information content (AvgIpc) is 2.89. The Balaban J connectivity index is 2.24. The van der Waals surface area contributed by atoms with Crippen LogP contribution >= 0.6 is 11.3 Å². The minimum Gasteiger partial charge on any atom is -0.378 e. The van der Waals surface area contributed by atoms with Gasteiger partial charge in [-0.15, -0.1) is 11.3 Å². The van der Waals surface area contributed by atoms with Gasteiger partial charge in [0.05, 0.1) is 17.3 Å². The van der Waals surface area contributed by atoms with Crippen LogP contribution in [0.3, 0.4) is 0 Å². The van der Waals surface area contributed by atoms with E-state index in [1.807, 2.05) is 0 Å². The second-order valence-electron chi connectivity index (χ2n) is 5.42. The molecule has 2 atom stereocenters. The first-order valence-corrected chi connectivity index (χ1v) is 7.75. The Morgan fingerprint density at radius 3 is 2.94 bits per heavy atom. The molecule has 1 fully saturated rings. The summed E-state index contributed by atoms with van der Waals surface area (Å²) in [5.41, 5.74) is 1.24. The molecule has 1 aliphatic heterocycles. The van der Waals surface area contributed by atoms with Crippen molar-refractivity contribution in [2.75, 3.05) is 13.7 Å². The zero-order chi connectivity index (χ0) is 13.2. The molecule has 2 rings (SSSR count). The predicted molar refractivity (Wildman–Crippen MR) is 76.2 cm³/mol. The molecule has 18 heavy (non-hydrogen) atoms. The van der Waals surface area contributed by atoms with E-state index in [0.717, 1.165) is 25.9 Å². The Hall–Kier alpha value is -0.450. The monoisotopic (exact) mass is 268 g/mol. The highest BCUT2D eigenvalue weighted by Crippen LogP contribution is 2.37. The minimum absolute atomic E-state index is 0.0245. The fraction of sp³-hybridized carbons (Fsp3) is 0.786. The largest absolute Gasteiger partial charge is 0.378 e. The van der Waals surface area contributed by atoms with Crippen molar-refractivity contribution in [2.45, 2.75) is 57.6 Å². The molecule has 0 radical (unpaired) electrons. The smallest absolute Gasteiger partial charge is 0.113 e. The molecule has 0 aromatic carbocycles. The Morgan fingerprint density at radius 1 is 1.61 bits per heavy atom. The summed E-state index contributed by atoms with van der Waals surface area (Å²) in [4.78, 5) is 4.85. The normalized spacial score (nSPS) is 28.8. The van der Waals surface area contributed by atoms with Gasteiger partial charge in [-0.25, -0.2) is 4.98 Å². The van der Waals surface area contributed by atoms with Crippen LogP contribution in [-0.4, -0.2) is 24.7 Å². The Morgan fingerprint density at radius 2 is 2.39 bits per heavy atom. The molecule has 1 aliphatic rings. The third kappa shape index (κ3) is 2.60. The first-order chi connectivity index (χ1) is 8.61. The molecule has 1 aromatic heterocycles. The summed E-state index contributed by atoms with van der Waals surface area (Å²) in [6.07, 6.45) is 3.49. The van der Waals surface area contributed by atoms with Gasteiger partial charge in [-0.3, -0.25) is 0 Å². The second kappa shape index (κ2) is 5.68. The molecule has 0 bridgehead atoms. The molecule has 0 saturated carbocycles. The summed E-state index contributed by atoms with van der Waals surface area (Å²) in [6.45, 7) is 7.42. The van der Waals surface area contributed by atoms with Crippen molar-refractivity contribution >= 4 is 11.3 Å². The minimum atomic E-state index is 0.0245. The summed E-state index contributed by atoms with van der Waals surface area (Å²) < 4.78 is 5.80. The van der Waals surface area contributed by atoms with Crippen LogP contribution in [-0.2, 0) is 10.3 Å². The Labute approximate surface area is 114 Å². The molecule has 0 amide bonds. The third-order valence-corrected chi connectivity index (χ3v) is 4.98. The van der Waals surface area contributed by atoms with E-state index in [0.29, 0.717) is 12.0 Å². The summed E-state index contributed by atoms with van der Waals surface area (Å²) >= 11 is 1.79. The molecule has 0 spiro atoms. The SMILES string of the molecule is CCC1CC(NC)(c2nc(C(C)C)cs2)CCO1. The van der Waals surface area contributed by atoms with Crippen LogP contribution in [0.25, 0.3) is 0 Å². The number of nitrogens with one attached hydrogen (secondary N) is 1. The maximum absolute atomic E-state index is 5.80. The molecule has 1 N–H and O–H groups in total. The Kier molecular flexibility index (Phi) is 4.41. The predicted octanol–water partition coefficient (Wildman–Crippen LogP) is 3.27. The molecule has 3 nitrogen and oxygen atoms in total. The molecule has 4 heteroatoms. The fourth-order valence-corrected chi connectivity index (χ4v) is 3.74. The first-order valence-electron chi connectivity index (χ1n) is 6.87. The van der Waals surface area contributed by atoms with Gasteiger partial charge in [-0.1, -0.05) is 20.8 Å². The van der Waals surface area contributed by atoms with Crippen molar-refractivity contribution in [1.29, 1.82) is 0 Å². The van der Waals surface area contributed by atoms with Gasteiger partial charge in [0.15, 0.2) is 0 Å². The fourth-order valence-electron chi connectivity index (χ4n) is 2.51. The van der Waals surface area contributed by atoms with Gasteiger partial charge in [-0.2, -0.15) is 0 Å². The van der Waals surface area contributed by atoms with Crippen molar-refractivity contribution in [3.8, 4) is 0 Å². The number of ether oxygens (including phenoxy) is 1. The lowest BCUT2D eigenvalue weighted by atomic mass is 9.86. The first kappa shape index (κ1) is 14.0. The zero-order valence-corrected chi connectivity index (χ0v) is 12.6. The van der Waals surface area contributed by atoms with Gasteiger partial charge < -0.3 is 10.1 Å². The number of hydrogen-bond acceptors (Lipinski definition) is 4. The van der Waals surface area contributed by atoms with Crippen LogP contribution < -0.4 is 5.32 Å². The lowest BCUT2D eigenvalue weighted by Gasteiger charge is -2.39. The third-order valence-electron chi connectivity index (χ3n) is 3.92. The summed E-state index contributed by atoms with van der Waals surface area (Å²) in [5.74, 6) is 0.505. The van der Waals surface area contributed by atoms with E-state index in [1.165, 1.54) is 10.7 Å². The highest BCUT2D eigenvalue weighted by molar-refractivity contribution is 7.09. The second-order valence-corrected chi connectivity index (χ2v) is 6.28.